The van der Waals surface area contributed by atoms with E-state index in [2.05, 4.69) is 11.1 Å². The number of aromatic amines is 1. The first-order valence-electron chi connectivity index (χ1n) is 4.05. The zero-order valence-electron chi connectivity index (χ0n) is 6.78. The SMILES string of the molecule is c1ccc2c(c1)Oc1[nH]ccc1S2. The molecule has 2 nitrogen and oxygen atoms in total. The number of para-hydroxylation sites is 1. The molecule has 3 rings (SSSR count). The van der Waals surface area contributed by atoms with Gasteiger partial charge in [-0.05, 0) is 18.2 Å². The third-order valence-electron chi connectivity index (χ3n) is 1.95. The maximum atomic E-state index is 5.64. The first-order chi connectivity index (χ1) is 6.43. The summed E-state index contributed by atoms with van der Waals surface area (Å²) < 4.78 is 5.64. The van der Waals surface area contributed by atoms with Crippen molar-refractivity contribution in [2.75, 3.05) is 0 Å². The topological polar surface area (TPSA) is 25.0 Å². The highest BCUT2D eigenvalue weighted by Gasteiger charge is 2.17. The Balaban J connectivity index is 2.14. The van der Waals surface area contributed by atoms with Gasteiger partial charge >= 0.3 is 0 Å². The molecule has 0 saturated carbocycles. The summed E-state index contributed by atoms with van der Waals surface area (Å²) in [6, 6.07) is 10.1. The van der Waals surface area contributed by atoms with Gasteiger partial charge in [-0.25, -0.2) is 0 Å². The van der Waals surface area contributed by atoms with E-state index in [0.29, 0.717) is 0 Å². The van der Waals surface area contributed by atoms with Crippen LogP contribution in [0.25, 0.3) is 0 Å². The van der Waals surface area contributed by atoms with Crippen LogP contribution in [0.5, 0.6) is 11.6 Å². The van der Waals surface area contributed by atoms with Crippen LogP contribution in [0.15, 0.2) is 46.3 Å². The van der Waals surface area contributed by atoms with E-state index in [1.54, 1.807) is 11.8 Å². The number of H-pyrrole nitrogens is 1. The molecule has 1 aromatic carbocycles. The Morgan fingerprint density at radius 1 is 1.08 bits per heavy atom. The molecule has 0 bridgehead atoms. The van der Waals surface area contributed by atoms with Gasteiger partial charge in [-0.3, -0.25) is 0 Å². The number of ether oxygens (including phenoxy) is 1. The van der Waals surface area contributed by atoms with Gasteiger partial charge in [-0.1, -0.05) is 23.9 Å². The number of rotatable bonds is 0. The second-order valence-electron chi connectivity index (χ2n) is 2.82. The third-order valence-corrected chi connectivity index (χ3v) is 3.05. The average Bonchev–Trinajstić information content (AvgIpc) is 2.61. The van der Waals surface area contributed by atoms with Crippen LogP contribution in [0.2, 0.25) is 0 Å². The molecule has 1 N–H and O–H groups in total. The van der Waals surface area contributed by atoms with E-state index < -0.39 is 0 Å². The van der Waals surface area contributed by atoms with Crippen LogP contribution in [0.4, 0.5) is 0 Å². The van der Waals surface area contributed by atoms with Crippen LogP contribution < -0.4 is 4.74 Å². The molecule has 0 saturated heterocycles. The lowest BCUT2D eigenvalue weighted by Gasteiger charge is -2.15. The Hall–Kier alpha value is -1.35. The van der Waals surface area contributed by atoms with Crippen molar-refractivity contribution in [1.29, 1.82) is 0 Å². The summed E-state index contributed by atoms with van der Waals surface area (Å²) in [5, 5.41) is 0. The first-order valence-corrected chi connectivity index (χ1v) is 4.87. The Morgan fingerprint density at radius 2 is 2.00 bits per heavy atom. The predicted octanol–water partition coefficient (Wildman–Crippen LogP) is 3.27. The average molecular weight is 189 g/mol. The van der Waals surface area contributed by atoms with E-state index in [4.69, 9.17) is 4.74 Å². The predicted molar refractivity (Wildman–Crippen MR) is 51.4 cm³/mol. The standard InChI is InChI=1S/C10H7NOS/c1-2-4-8-7(3-1)12-10-9(13-8)5-6-11-10/h1-6,11H. The summed E-state index contributed by atoms with van der Waals surface area (Å²) in [5.74, 6) is 1.78. The Kier molecular flexibility index (Phi) is 1.40. The molecule has 0 aliphatic carbocycles. The Morgan fingerprint density at radius 3 is 3.00 bits per heavy atom. The van der Waals surface area contributed by atoms with E-state index in [-0.39, 0.29) is 0 Å². The molecule has 0 atom stereocenters. The van der Waals surface area contributed by atoms with Crippen molar-refractivity contribution in [3.8, 4) is 11.6 Å². The van der Waals surface area contributed by atoms with Gasteiger partial charge in [0, 0.05) is 6.20 Å². The summed E-state index contributed by atoms with van der Waals surface area (Å²) in [5.41, 5.74) is 0. The first kappa shape index (κ1) is 7.09. The van der Waals surface area contributed by atoms with Crippen molar-refractivity contribution in [2.45, 2.75) is 9.79 Å². The molecule has 2 heterocycles. The summed E-state index contributed by atoms with van der Waals surface area (Å²) >= 11 is 1.73. The minimum absolute atomic E-state index is 0.851. The Labute approximate surface area is 79.9 Å². The second kappa shape index (κ2) is 2.57. The molecule has 1 aliphatic rings. The highest BCUT2D eigenvalue weighted by molar-refractivity contribution is 7.99. The van der Waals surface area contributed by atoms with Crippen molar-refractivity contribution in [2.24, 2.45) is 0 Å². The van der Waals surface area contributed by atoms with Crippen LogP contribution in [-0.2, 0) is 0 Å². The van der Waals surface area contributed by atoms with Gasteiger partial charge in [0.2, 0.25) is 5.88 Å². The van der Waals surface area contributed by atoms with Crippen molar-refractivity contribution in [3.05, 3.63) is 36.5 Å². The molecule has 13 heavy (non-hydrogen) atoms. The maximum Gasteiger partial charge on any atom is 0.211 e. The van der Waals surface area contributed by atoms with E-state index >= 15 is 0 Å². The van der Waals surface area contributed by atoms with Crippen molar-refractivity contribution < 1.29 is 4.74 Å². The molecule has 2 aromatic rings. The summed E-state index contributed by atoms with van der Waals surface area (Å²) in [7, 11) is 0. The second-order valence-corrected chi connectivity index (χ2v) is 3.91. The molecular formula is C10H7NOS. The van der Waals surface area contributed by atoms with Crippen molar-refractivity contribution in [1.82, 2.24) is 4.98 Å². The minimum atomic E-state index is 0.851. The lowest BCUT2D eigenvalue weighted by Crippen LogP contribution is -1.92. The van der Waals surface area contributed by atoms with Crippen molar-refractivity contribution in [3.63, 3.8) is 0 Å². The Bertz CT molecular complexity index is 410. The molecule has 0 unspecified atom stereocenters. The van der Waals surface area contributed by atoms with Gasteiger partial charge in [0.1, 0.15) is 5.75 Å². The smallest absolute Gasteiger partial charge is 0.211 e. The fraction of sp³-hybridized carbons (Fsp3) is 0. The van der Waals surface area contributed by atoms with E-state index in [9.17, 15) is 0 Å². The zero-order chi connectivity index (χ0) is 8.67. The summed E-state index contributed by atoms with van der Waals surface area (Å²) in [6.07, 6.45) is 1.89. The number of fused-ring (bicyclic) bond motifs is 2. The number of benzene rings is 1. The lowest BCUT2D eigenvalue weighted by molar-refractivity contribution is 0.439. The highest BCUT2D eigenvalue weighted by atomic mass is 32.2. The van der Waals surface area contributed by atoms with Gasteiger partial charge < -0.3 is 9.72 Å². The van der Waals surface area contributed by atoms with Gasteiger partial charge in [-0.2, -0.15) is 0 Å². The molecule has 64 valence electrons. The summed E-state index contributed by atoms with van der Waals surface area (Å²) in [6.45, 7) is 0. The van der Waals surface area contributed by atoms with Crippen LogP contribution in [-0.4, -0.2) is 4.98 Å². The van der Waals surface area contributed by atoms with Crippen LogP contribution in [0.1, 0.15) is 0 Å². The van der Waals surface area contributed by atoms with Gasteiger partial charge in [0.15, 0.2) is 0 Å². The molecular weight excluding hydrogens is 182 g/mol. The number of hydrogen-bond donors (Lipinski definition) is 1. The molecule has 1 aromatic heterocycles. The van der Waals surface area contributed by atoms with Crippen LogP contribution >= 0.6 is 11.8 Å². The van der Waals surface area contributed by atoms with Crippen LogP contribution in [0, 0.1) is 0 Å². The van der Waals surface area contributed by atoms with Crippen molar-refractivity contribution >= 4 is 11.8 Å². The zero-order valence-corrected chi connectivity index (χ0v) is 7.60. The van der Waals surface area contributed by atoms with E-state index in [1.165, 1.54) is 4.90 Å². The fourth-order valence-corrected chi connectivity index (χ4v) is 2.27. The van der Waals surface area contributed by atoms with Gasteiger partial charge in [0.25, 0.3) is 0 Å². The highest BCUT2D eigenvalue weighted by Crippen LogP contribution is 2.45. The minimum Gasteiger partial charge on any atom is -0.439 e. The van der Waals surface area contributed by atoms with Crippen LogP contribution in [0.3, 0.4) is 0 Å². The summed E-state index contributed by atoms with van der Waals surface area (Å²) in [4.78, 5) is 5.38. The quantitative estimate of drug-likeness (QED) is 0.587. The monoisotopic (exact) mass is 189 g/mol. The molecule has 1 aliphatic heterocycles. The largest absolute Gasteiger partial charge is 0.439 e. The van der Waals surface area contributed by atoms with E-state index in [1.807, 2.05) is 30.5 Å². The number of nitrogens with one attached hydrogen (secondary N) is 1. The molecule has 0 radical (unpaired) electrons. The molecule has 0 spiro atoms. The normalized spacial score (nSPS) is 12.9. The van der Waals surface area contributed by atoms with Gasteiger partial charge in [-0.15, -0.1) is 0 Å². The van der Waals surface area contributed by atoms with E-state index in [0.717, 1.165) is 16.5 Å². The lowest BCUT2D eigenvalue weighted by atomic mass is 10.3. The number of hydrogen-bond acceptors (Lipinski definition) is 2. The molecule has 0 fully saturated rings. The molecule has 3 heteroatoms. The number of aromatic nitrogens is 1. The third kappa shape index (κ3) is 1.04. The fourth-order valence-electron chi connectivity index (χ4n) is 1.35. The maximum absolute atomic E-state index is 5.64. The van der Waals surface area contributed by atoms with Gasteiger partial charge in [0.05, 0.1) is 9.79 Å². The molecule has 0 amide bonds.